The van der Waals surface area contributed by atoms with Gasteiger partial charge in [-0.05, 0) is 32.5 Å². The van der Waals surface area contributed by atoms with Crippen LogP contribution in [0.25, 0.3) is 0 Å². The van der Waals surface area contributed by atoms with Gasteiger partial charge in [0.05, 0.1) is 10.5 Å². The number of hydrogen-bond donors (Lipinski definition) is 0. The molecule has 0 bridgehead atoms. The zero-order chi connectivity index (χ0) is 14.5. The van der Waals surface area contributed by atoms with Gasteiger partial charge in [-0.2, -0.15) is 0 Å². The summed E-state index contributed by atoms with van der Waals surface area (Å²) in [6.07, 6.45) is 1.15. The Hall–Kier alpha value is -1.53. The fraction of sp³-hybridized carbons (Fsp3) is 0.571. The summed E-state index contributed by atoms with van der Waals surface area (Å²) < 4.78 is 13.7. The van der Waals surface area contributed by atoms with E-state index in [-0.39, 0.29) is 11.3 Å². The van der Waals surface area contributed by atoms with E-state index in [0.717, 1.165) is 39.1 Å². The molecule has 6 heteroatoms. The van der Waals surface area contributed by atoms with Gasteiger partial charge in [0.25, 0.3) is 5.69 Å². The quantitative estimate of drug-likeness (QED) is 0.611. The first-order chi connectivity index (χ1) is 9.58. The minimum absolute atomic E-state index is 0.108. The maximum absolute atomic E-state index is 13.7. The van der Waals surface area contributed by atoms with Crippen molar-refractivity contribution in [1.29, 1.82) is 0 Å². The third kappa shape index (κ3) is 3.74. The van der Waals surface area contributed by atoms with Crippen molar-refractivity contribution in [2.24, 2.45) is 0 Å². The average Bonchev–Trinajstić information content (AvgIpc) is 2.42. The van der Waals surface area contributed by atoms with Crippen LogP contribution in [0.5, 0.6) is 0 Å². The van der Waals surface area contributed by atoms with E-state index >= 15 is 0 Å². The molecule has 1 aromatic carbocycles. The number of nitro groups is 1. The third-order valence-corrected chi connectivity index (χ3v) is 3.79. The Morgan fingerprint density at radius 1 is 1.30 bits per heavy atom. The lowest BCUT2D eigenvalue weighted by molar-refractivity contribution is -0.385. The largest absolute Gasteiger partial charge is 0.304 e. The standard InChI is InChI=1S/C14H20FN3O2/c1-16-8-10-17(11-9-16)7-3-4-12-13(15)5-2-6-14(12)18(19)20/h2,5-6H,3-4,7-11H2,1H3. The normalized spacial score (nSPS) is 17.3. The lowest BCUT2D eigenvalue weighted by Crippen LogP contribution is -2.44. The molecule has 1 aliphatic heterocycles. The van der Waals surface area contributed by atoms with Crippen LogP contribution in [0.15, 0.2) is 18.2 Å². The van der Waals surface area contributed by atoms with Crippen molar-refractivity contribution in [3.05, 3.63) is 39.7 Å². The molecule has 1 aromatic rings. The van der Waals surface area contributed by atoms with Gasteiger partial charge in [-0.25, -0.2) is 4.39 Å². The van der Waals surface area contributed by atoms with Crippen molar-refractivity contribution < 1.29 is 9.31 Å². The number of nitro benzene ring substituents is 1. The van der Waals surface area contributed by atoms with E-state index in [0.29, 0.717) is 6.42 Å². The van der Waals surface area contributed by atoms with Gasteiger partial charge in [0.15, 0.2) is 0 Å². The van der Waals surface area contributed by atoms with Crippen molar-refractivity contribution in [2.45, 2.75) is 12.8 Å². The van der Waals surface area contributed by atoms with Crippen LogP contribution in [0.1, 0.15) is 12.0 Å². The second-order valence-electron chi connectivity index (χ2n) is 5.24. The molecule has 2 rings (SSSR count). The summed E-state index contributed by atoms with van der Waals surface area (Å²) in [5.74, 6) is -0.474. The van der Waals surface area contributed by atoms with E-state index in [1.165, 1.54) is 18.2 Å². The SMILES string of the molecule is CN1CCN(CCCc2c(F)cccc2[N+](=O)[O-])CC1. The molecule has 0 aliphatic carbocycles. The summed E-state index contributed by atoms with van der Waals surface area (Å²) in [4.78, 5) is 15.0. The zero-order valence-corrected chi connectivity index (χ0v) is 11.7. The maximum atomic E-state index is 13.7. The van der Waals surface area contributed by atoms with Crippen molar-refractivity contribution >= 4 is 5.69 Å². The van der Waals surface area contributed by atoms with Gasteiger partial charge in [0, 0.05) is 32.2 Å². The van der Waals surface area contributed by atoms with Gasteiger partial charge in [0.2, 0.25) is 0 Å². The first-order valence-corrected chi connectivity index (χ1v) is 6.90. The van der Waals surface area contributed by atoms with Gasteiger partial charge in [0.1, 0.15) is 5.82 Å². The van der Waals surface area contributed by atoms with E-state index in [9.17, 15) is 14.5 Å². The minimum Gasteiger partial charge on any atom is -0.304 e. The second kappa shape index (κ2) is 6.76. The molecule has 0 saturated carbocycles. The molecule has 1 aliphatic rings. The Morgan fingerprint density at radius 2 is 2.00 bits per heavy atom. The number of hydrogen-bond acceptors (Lipinski definition) is 4. The molecule has 1 saturated heterocycles. The van der Waals surface area contributed by atoms with Crippen molar-refractivity contribution in [2.75, 3.05) is 39.8 Å². The van der Waals surface area contributed by atoms with Crippen molar-refractivity contribution in [1.82, 2.24) is 9.80 Å². The molecule has 0 atom stereocenters. The smallest absolute Gasteiger partial charge is 0.275 e. The molecule has 0 N–H and O–H groups in total. The number of benzene rings is 1. The van der Waals surface area contributed by atoms with Crippen LogP contribution >= 0.6 is 0 Å². The highest BCUT2D eigenvalue weighted by Crippen LogP contribution is 2.22. The summed E-state index contributed by atoms with van der Waals surface area (Å²) in [6, 6.07) is 4.05. The lowest BCUT2D eigenvalue weighted by Gasteiger charge is -2.32. The molecule has 0 aromatic heterocycles. The Balaban J connectivity index is 1.89. The Kier molecular flexibility index (Phi) is 5.03. The van der Waals surface area contributed by atoms with E-state index in [2.05, 4.69) is 16.8 Å². The molecule has 0 radical (unpaired) electrons. The first kappa shape index (κ1) is 14.9. The molecule has 1 fully saturated rings. The van der Waals surface area contributed by atoms with Crippen LogP contribution in [-0.2, 0) is 6.42 Å². The van der Waals surface area contributed by atoms with E-state index in [1.54, 1.807) is 0 Å². The van der Waals surface area contributed by atoms with Gasteiger partial charge in [-0.1, -0.05) is 6.07 Å². The number of halogens is 1. The van der Waals surface area contributed by atoms with Gasteiger partial charge in [-0.15, -0.1) is 0 Å². The van der Waals surface area contributed by atoms with Crippen LogP contribution in [0, 0.1) is 15.9 Å². The monoisotopic (exact) mass is 281 g/mol. The molecule has 0 unspecified atom stereocenters. The predicted octanol–water partition coefficient (Wildman–Crippen LogP) is 1.91. The fourth-order valence-corrected chi connectivity index (χ4v) is 2.52. The minimum atomic E-state index is -0.506. The number of rotatable bonds is 5. The average molecular weight is 281 g/mol. The van der Waals surface area contributed by atoms with E-state index < -0.39 is 10.7 Å². The highest BCUT2D eigenvalue weighted by molar-refractivity contribution is 5.40. The van der Waals surface area contributed by atoms with Crippen molar-refractivity contribution in [3.63, 3.8) is 0 Å². The maximum Gasteiger partial charge on any atom is 0.275 e. The zero-order valence-electron chi connectivity index (χ0n) is 11.7. The Bertz CT molecular complexity index is 473. The number of nitrogens with zero attached hydrogens (tertiary/aromatic N) is 3. The molecular formula is C14H20FN3O2. The molecule has 110 valence electrons. The topological polar surface area (TPSA) is 49.6 Å². The molecule has 1 heterocycles. The lowest BCUT2D eigenvalue weighted by atomic mass is 10.1. The van der Waals surface area contributed by atoms with Crippen LogP contribution in [0.3, 0.4) is 0 Å². The summed E-state index contributed by atoms with van der Waals surface area (Å²) in [7, 11) is 2.10. The molecule has 20 heavy (non-hydrogen) atoms. The molecule has 0 amide bonds. The van der Waals surface area contributed by atoms with Crippen LogP contribution in [0.2, 0.25) is 0 Å². The number of piperazine rings is 1. The Labute approximate surface area is 118 Å². The fourth-order valence-electron chi connectivity index (χ4n) is 2.52. The van der Waals surface area contributed by atoms with E-state index in [4.69, 9.17) is 0 Å². The predicted molar refractivity (Wildman–Crippen MR) is 75.3 cm³/mol. The third-order valence-electron chi connectivity index (χ3n) is 3.79. The Morgan fingerprint density at radius 3 is 2.65 bits per heavy atom. The van der Waals surface area contributed by atoms with Gasteiger partial charge in [-0.3, -0.25) is 10.1 Å². The second-order valence-corrected chi connectivity index (χ2v) is 5.24. The summed E-state index contributed by atoms with van der Waals surface area (Å²) in [6.45, 7) is 4.96. The van der Waals surface area contributed by atoms with Gasteiger partial charge >= 0.3 is 0 Å². The van der Waals surface area contributed by atoms with E-state index in [1.807, 2.05) is 0 Å². The molecule has 0 spiro atoms. The van der Waals surface area contributed by atoms with Crippen LogP contribution in [-0.4, -0.2) is 54.5 Å². The first-order valence-electron chi connectivity index (χ1n) is 6.90. The number of likely N-dealkylation sites (N-methyl/N-ethyl adjacent to an activating group) is 1. The van der Waals surface area contributed by atoms with Gasteiger partial charge < -0.3 is 9.80 Å². The van der Waals surface area contributed by atoms with Crippen LogP contribution < -0.4 is 0 Å². The molecule has 5 nitrogen and oxygen atoms in total. The summed E-state index contributed by atoms with van der Waals surface area (Å²) >= 11 is 0. The summed E-state index contributed by atoms with van der Waals surface area (Å²) in [5.41, 5.74) is 0.120. The highest BCUT2D eigenvalue weighted by atomic mass is 19.1. The van der Waals surface area contributed by atoms with Crippen LogP contribution in [0.4, 0.5) is 10.1 Å². The summed E-state index contributed by atoms with van der Waals surface area (Å²) in [5, 5.41) is 10.9. The van der Waals surface area contributed by atoms with Crippen molar-refractivity contribution in [3.8, 4) is 0 Å². The highest BCUT2D eigenvalue weighted by Gasteiger charge is 2.18. The molecular weight excluding hydrogens is 261 g/mol.